The van der Waals surface area contributed by atoms with Gasteiger partial charge in [-0.3, -0.25) is 9.69 Å². The molecule has 2 aromatic rings. The van der Waals surface area contributed by atoms with Crippen molar-refractivity contribution >= 4 is 64.1 Å². The summed E-state index contributed by atoms with van der Waals surface area (Å²) in [5.41, 5.74) is 11.4. The fraction of sp³-hybridized carbons (Fsp3) is 0.500. The number of fused-ring (bicyclic) bond motifs is 2. The van der Waals surface area contributed by atoms with Gasteiger partial charge in [0, 0.05) is 72.9 Å². The Hall–Kier alpha value is -1.51. The normalized spacial score (nSPS) is 14.2. The summed E-state index contributed by atoms with van der Waals surface area (Å²) in [5, 5.41) is 0. The number of hydrogen-bond acceptors (Lipinski definition) is 7. The highest BCUT2D eigenvalue weighted by Gasteiger charge is 2.26. The predicted octanol–water partition coefficient (Wildman–Crippen LogP) is 9.04. The van der Waals surface area contributed by atoms with Crippen LogP contribution in [-0.2, 0) is 17.8 Å². The minimum Gasteiger partial charge on any atom is -0.372 e. The minimum atomic E-state index is 0.0909. The third kappa shape index (κ3) is 10.5. The van der Waals surface area contributed by atoms with Crippen molar-refractivity contribution in [1.82, 2.24) is 4.90 Å². The number of anilines is 1. The summed E-state index contributed by atoms with van der Waals surface area (Å²) in [5.74, 6) is 9.90. The van der Waals surface area contributed by atoms with E-state index in [0.29, 0.717) is 0 Å². The molecule has 0 bridgehead atoms. The molecule has 7 heteroatoms. The molecule has 45 heavy (non-hydrogen) atoms. The molecule has 0 saturated heterocycles. The van der Waals surface area contributed by atoms with Crippen molar-refractivity contribution in [2.75, 3.05) is 77.1 Å². The highest BCUT2D eigenvalue weighted by molar-refractivity contribution is 8.03. The van der Waals surface area contributed by atoms with Gasteiger partial charge in [-0.1, -0.05) is 44.2 Å². The number of carbonyl (C=O) groups excluding carboxylic acids is 1. The molecular formula is C38H52N2OS4. The van der Waals surface area contributed by atoms with Gasteiger partial charge in [-0.25, -0.2) is 0 Å². The fourth-order valence-corrected chi connectivity index (χ4v) is 9.75. The van der Waals surface area contributed by atoms with E-state index in [9.17, 15) is 4.79 Å². The van der Waals surface area contributed by atoms with Crippen molar-refractivity contribution in [1.29, 1.82) is 0 Å². The van der Waals surface area contributed by atoms with Crippen LogP contribution < -0.4 is 4.90 Å². The average molecular weight is 681 g/mol. The van der Waals surface area contributed by atoms with E-state index in [2.05, 4.69) is 110 Å². The van der Waals surface area contributed by atoms with E-state index in [4.69, 9.17) is 0 Å². The van der Waals surface area contributed by atoms with E-state index in [-0.39, 0.29) is 5.78 Å². The number of benzene rings is 2. The molecular weight excluding hydrogens is 629 g/mol. The second-order valence-corrected chi connectivity index (χ2v) is 16.7. The highest BCUT2D eigenvalue weighted by atomic mass is 32.2. The zero-order valence-electron chi connectivity index (χ0n) is 28.0. The molecule has 2 aliphatic rings. The van der Waals surface area contributed by atoms with Gasteiger partial charge in [0.2, 0.25) is 0 Å². The van der Waals surface area contributed by atoms with Gasteiger partial charge in [0.15, 0.2) is 5.78 Å². The SMILES string of the molecule is CCSCCSCCN(CCSCCSCC)Cc1ccc(C2=C3C=CC(=O)C=C3Cc3cc(N(CC)CC)ccc32)c(C)c1. The van der Waals surface area contributed by atoms with Gasteiger partial charge in [0.1, 0.15) is 0 Å². The first-order valence-corrected chi connectivity index (χ1v) is 21.3. The van der Waals surface area contributed by atoms with Gasteiger partial charge in [-0.05, 0) is 108 Å². The Morgan fingerprint density at radius 1 is 0.733 bits per heavy atom. The summed E-state index contributed by atoms with van der Waals surface area (Å²) in [6.07, 6.45) is 6.43. The van der Waals surface area contributed by atoms with Crippen molar-refractivity contribution in [3.63, 3.8) is 0 Å². The summed E-state index contributed by atoms with van der Waals surface area (Å²) in [7, 11) is 0. The zero-order chi connectivity index (χ0) is 32.0. The van der Waals surface area contributed by atoms with E-state index in [1.165, 1.54) is 90.7 Å². The third-order valence-electron chi connectivity index (χ3n) is 8.44. The monoisotopic (exact) mass is 680 g/mol. The fourth-order valence-electron chi connectivity index (χ4n) is 6.10. The van der Waals surface area contributed by atoms with E-state index >= 15 is 0 Å². The molecule has 0 N–H and O–H groups in total. The van der Waals surface area contributed by atoms with Gasteiger partial charge in [-0.2, -0.15) is 47.0 Å². The molecule has 2 aromatic carbocycles. The van der Waals surface area contributed by atoms with Crippen LogP contribution in [-0.4, -0.2) is 82.9 Å². The molecule has 0 amide bonds. The molecule has 4 rings (SSSR count). The van der Waals surface area contributed by atoms with Crippen LogP contribution in [0.25, 0.3) is 5.57 Å². The first-order valence-electron chi connectivity index (χ1n) is 16.7. The first kappa shape index (κ1) is 36.3. The van der Waals surface area contributed by atoms with Crippen LogP contribution in [0, 0.1) is 6.92 Å². The van der Waals surface area contributed by atoms with E-state index < -0.39 is 0 Å². The smallest absolute Gasteiger partial charge is 0.178 e. The lowest BCUT2D eigenvalue weighted by Gasteiger charge is -2.29. The van der Waals surface area contributed by atoms with Gasteiger partial charge in [-0.15, -0.1) is 0 Å². The average Bonchev–Trinajstić information content (AvgIpc) is 3.04. The van der Waals surface area contributed by atoms with E-state index in [0.717, 1.165) is 44.7 Å². The lowest BCUT2D eigenvalue weighted by Crippen LogP contribution is -2.28. The highest BCUT2D eigenvalue weighted by Crippen LogP contribution is 2.42. The lowest BCUT2D eigenvalue weighted by molar-refractivity contribution is -0.110. The van der Waals surface area contributed by atoms with Crippen LogP contribution in [0.4, 0.5) is 5.69 Å². The third-order valence-corrected chi connectivity index (χ3v) is 12.7. The first-order chi connectivity index (χ1) is 22.0. The van der Waals surface area contributed by atoms with Crippen molar-refractivity contribution in [2.45, 2.75) is 47.6 Å². The van der Waals surface area contributed by atoms with Crippen molar-refractivity contribution in [3.8, 4) is 0 Å². The molecule has 0 radical (unpaired) electrons. The number of ketones is 1. The number of thioether (sulfide) groups is 4. The molecule has 0 atom stereocenters. The number of carbonyl (C=O) groups is 1. The van der Waals surface area contributed by atoms with Crippen molar-refractivity contribution in [3.05, 3.63) is 93.6 Å². The summed E-state index contributed by atoms with van der Waals surface area (Å²) in [6, 6.07) is 14.0. The quantitative estimate of drug-likeness (QED) is 0.129. The Kier molecular flexibility index (Phi) is 15.6. The summed E-state index contributed by atoms with van der Waals surface area (Å²) < 4.78 is 0. The van der Waals surface area contributed by atoms with Crippen LogP contribution >= 0.6 is 47.0 Å². The molecule has 0 aromatic heterocycles. The lowest BCUT2D eigenvalue weighted by atomic mass is 9.76. The number of aryl methyl sites for hydroxylation is 1. The standard InChI is InChI=1S/C38H52N2OS4/c1-6-40(7-2)33-11-14-36-31(26-33)25-32-27-34(41)12-15-37(32)38(36)35-13-10-30(24-29(35)5)28-39(16-18-44-22-20-42-8-3)17-19-45-23-21-43-9-4/h10-15,24,26-27H,6-9,16-23,25,28H2,1-5H3. The minimum absolute atomic E-state index is 0.0909. The van der Waals surface area contributed by atoms with Crippen molar-refractivity contribution in [2.24, 2.45) is 0 Å². The summed E-state index contributed by atoms with van der Waals surface area (Å²) in [4.78, 5) is 17.5. The maximum Gasteiger partial charge on any atom is 0.178 e. The van der Waals surface area contributed by atoms with Crippen LogP contribution in [0.2, 0.25) is 0 Å². The van der Waals surface area contributed by atoms with Gasteiger partial charge in [0.25, 0.3) is 0 Å². The molecule has 0 fully saturated rings. The van der Waals surface area contributed by atoms with Crippen LogP contribution in [0.3, 0.4) is 0 Å². The van der Waals surface area contributed by atoms with Crippen LogP contribution in [0.5, 0.6) is 0 Å². The van der Waals surface area contributed by atoms with E-state index in [1.807, 2.05) is 29.6 Å². The molecule has 0 spiro atoms. The maximum atomic E-state index is 12.4. The zero-order valence-corrected chi connectivity index (χ0v) is 31.3. The van der Waals surface area contributed by atoms with Gasteiger partial charge >= 0.3 is 0 Å². The number of hydrogen-bond donors (Lipinski definition) is 0. The Morgan fingerprint density at radius 2 is 1.38 bits per heavy atom. The molecule has 0 heterocycles. The summed E-state index contributed by atoms with van der Waals surface area (Å²) >= 11 is 8.29. The Labute approximate surface area is 290 Å². The molecule has 244 valence electrons. The van der Waals surface area contributed by atoms with Gasteiger partial charge < -0.3 is 4.90 Å². The van der Waals surface area contributed by atoms with Crippen molar-refractivity contribution < 1.29 is 4.79 Å². The second-order valence-electron chi connectivity index (χ2n) is 11.4. The Balaban J connectivity index is 1.56. The molecule has 2 aliphatic carbocycles. The predicted molar refractivity (Wildman–Crippen MR) is 209 cm³/mol. The Bertz CT molecular complexity index is 1350. The molecule has 3 nitrogen and oxygen atoms in total. The van der Waals surface area contributed by atoms with Gasteiger partial charge in [0.05, 0.1) is 0 Å². The largest absolute Gasteiger partial charge is 0.372 e. The van der Waals surface area contributed by atoms with E-state index in [1.54, 1.807) is 6.08 Å². The number of rotatable bonds is 20. The summed E-state index contributed by atoms with van der Waals surface area (Å²) in [6.45, 7) is 16.4. The molecule has 0 aliphatic heterocycles. The second kappa shape index (κ2) is 19.3. The Morgan fingerprint density at radius 3 is 2.00 bits per heavy atom. The van der Waals surface area contributed by atoms with Crippen LogP contribution in [0.1, 0.15) is 55.5 Å². The maximum absolute atomic E-state index is 12.4. The van der Waals surface area contributed by atoms with Crippen LogP contribution in [0.15, 0.2) is 65.8 Å². The molecule has 0 saturated carbocycles. The number of nitrogens with zero attached hydrogens (tertiary/aromatic N) is 2. The topological polar surface area (TPSA) is 23.6 Å². The number of allylic oxidation sites excluding steroid dienone is 5. The molecule has 0 unspecified atom stereocenters.